The fourth-order valence-electron chi connectivity index (χ4n) is 1.54. The summed E-state index contributed by atoms with van der Waals surface area (Å²) >= 11 is 0. The Bertz CT molecular complexity index is 628. The van der Waals surface area contributed by atoms with Crippen LogP contribution in [-0.4, -0.2) is 25.6 Å². The summed E-state index contributed by atoms with van der Waals surface area (Å²) in [7, 11) is 0. The van der Waals surface area contributed by atoms with Crippen molar-refractivity contribution in [2.24, 2.45) is 5.73 Å². The van der Waals surface area contributed by atoms with E-state index in [0.717, 1.165) is 11.1 Å². The molecule has 3 aromatic rings. The maximum atomic E-state index is 5.54. The molecule has 7 nitrogen and oxygen atoms in total. The van der Waals surface area contributed by atoms with Crippen LogP contribution in [0.2, 0.25) is 0 Å². The van der Waals surface area contributed by atoms with Gasteiger partial charge in [-0.15, -0.1) is 0 Å². The second kappa shape index (κ2) is 4.38. The van der Waals surface area contributed by atoms with Gasteiger partial charge in [0.2, 0.25) is 5.82 Å². The molecule has 18 heavy (non-hydrogen) atoms. The minimum absolute atomic E-state index is 0.404. The Morgan fingerprint density at radius 3 is 2.72 bits per heavy atom. The van der Waals surface area contributed by atoms with Gasteiger partial charge < -0.3 is 10.3 Å². The molecule has 0 unspecified atom stereocenters. The second-order valence-electron chi connectivity index (χ2n) is 3.68. The average Bonchev–Trinajstić information content (AvgIpc) is 3.09. The Hall–Kier alpha value is -2.54. The molecule has 1 aromatic carbocycles. The van der Waals surface area contributed by atoms with Gasteiger partial charge in [0.1, 0.15) is 0 Å². The van der Waals surface area contributed by atoms with E-state index in [-0.39, 0.29) is 0 Å². The van der Waals surface area contributed by atoms with Crippen LogP contribution >= 0.6 is 0 Å². The van der Waals surface area contributed by atoms with Crippen molar-refractivity contribution in [2.75, 3.05) is 0 Å². The van der Waals surface area contributed by atoms with Crippen molar-refractivity contribution in [2.45, 2.75) is 6.54 Å². The summed E-state index contributed by atoms with van der Waals surface area (Å²) in [6.07, 6.45) is 1.53. The molecule has 0 spiro atoms. The van der Waals surface area contributed by atoms with Crippen molar-refractivity contribution < 1.29 is 4.52 Å². The van der Waals surface area contributed by atoms with Gasteiger partial charge in [-0.1, -0.05) is 17.3 Å². The van der Waals surface area contributed by atoms with Gasteiger partial charge in [-0.25, -0.2) is 0 Å². The highest BCUT2D eigenvalue weighted by molar-refractivity contribution is 5.56. The van der Waals surface area contributed by atoms with Crippen LogP contribution in [0.4, 0.5) is 0 Å². The summed E-state index contributed by atoms with van der Waals surface area (Å²) in [5, 5.41) is 13.9. The third kappa shape index (κ3) is 1.87. The smallest absolute Gasteiger partial charge is 0.258 e. The first-order valence-electron chi connectivity index (χ1n) is 5.36. The first-order chi connectivity index (χ1) is 8.86. The SMILES string of the molecule is NCc1ccc(-c2nc(-c3cn[nH]n3)no2)cc1. The Morgan fingerprint density at radius 1 is 1.22 bits per heavy atom. The number of nitrogens with one attached hydrogen (secondary N) is 1. The van der Waals surface area contributed by atoms with Crippen LogP contribution in [0.1, 0.15) is 5.56 Å². The van der Waals surface area contributed by atoms with Crippen LogP contribution in [0.3, 0.4) is 0 Å². The van der Waals surface area contributed by atoms with Gasteiger partial charge in [0, 0.05) is 12.1 Å². The van der Waals surface area contributed by atoms with E-state index in [1.807, 2.05) is 24.3 Å². The highest BCUT2D eigenvalue weighted by Crippen LogP contribution is 2.20. The summed E-state index contributed by atoms with van der Waals surface area (Å²) in [4.78, 5) is 4.25. The van der Waals surface area contributed by atoms with Crippen LogP contribution in [0, 0.1) is 0 Å². The normalized spacial score (nSPS) is 10.7. The number of aromatic nitrogens is 5. The quantitative estimate of drug-likeness (QED) is 0.709. The number of nitrogens with two attached hydrogens (primary N) is 1. The Labute approximate surface area is 102 Å². The van der Waals surface area contributed by atoms with Crippen molar-refractivity contribution in [1.29, 1.82) is 0 Å². The van der Waals surface area contributed by atoms with Crippen molar-refractivity contribution in [3.05, 3.63) is 36.0 Å². The molecule has 0 aliphatic rings. The first-order valence-corrected chi connectivity index (χ1v) is 5.36. The van der Waals surface area contributed by atoms with E-state index in [0.29, 0.717) is 24.0 Å². The number of hydrogen-bond donors (Lipinski definition) is 2. The molecular weight excluding hydrogens is 232 g/mol. The third-order valence-electron chi connectivity index (χ3n) is 2.51. The average molecular weight is 242 g/mol. The molecule has 2 aromatic heterocycles. The zero-order chi connectivity index (χ0) is 12.4. The van der Waals surface area contributed by atoms with Crippen molar-refractivity contribution in [3.8, 4) is 23.0 Å². The number of H-pyrrole nitrogens is 1. The van der Waals surface area contributed by atoms with Gasteiger partial charge in [0.15, 0.2) is 5.69 Å². The monoisotopic (exact) mass is 242 g/mol. The van der Waals surface area contributed by atoms with Crippen LogP contribution in [-0.2, 0) is 6.54 Å². The van der Waals surface area contributed by atoms with E-state index < -0.39 is 0 Å². The van der Waals surface area contributed by atoms with Gasteiger partial charge in [-0.2, -0.15) is 20.4 Å². The minimum atomic E-state index is 0.404. The summed E-state index contributed by atoms with van der Waals surface area (Å²) in [5.41, 5.74) is 7.97. The molecule has 0 saturated carbocycles. The summed E-state index contributed by atoms with van der Waals surface area (Å²) in [5.74, 6) is 0.846. The molecule has 0 amide bonds. The van der Waals surface area contributed by atoms with Gasteiger partial charge in [0.05, 0.1) is 6.20 Å². The van der Waals surface area contributed by atoms with Crippen molar-refractivity contribution in [1.82, 2.24) is 25.6 Å². The molecule has 2 heterocycles. The predicted molar refractivity (Wildman–Crippen MR) is 63.0 cm³/mol. The molecule has 0 aliphatic carbocycles. The third-order valence-corrected chi connectivity index (χ3v) is 2.51. The zero-order valence-electron chi connectivity index (χ0n) is 9.37. The lowest BCUT2D eigenvalue weighted by molar-refractivity contribution is 0.432. The van der Waals surface area contributed by atoms with E-state index in [9.17, 15) is 0 Å². The van der Waals surface area contributed by atoms with E-state index in [1.165, 1.54) is 6.20 Å². The summed E-state index contributed by atoms with van der Waals surface area (Å²) in [6.45, 7) is 0.508. The van der Waals surface area contributed by atoms with Gasteiger partial charge >= 0.3 is 0 Å². The van der Waals surface area contributed by atoms with Crippen LogP contribution in [0.15, 0.2) is 35.0 Å². The fourth-order valence-corrected chi connectivity index (χ4v) is 1.54. The van der Waals surface area contributed by atoms with E-state index in [1.54, 1.807) is 0 Å². The molecule has 0 atom stereocenters. The minimum Gasteiger partial charge on any atom is -0.334 e. The lowest BCUT2D eigenvalue weighted by Crippen LogP contribution is -1.95. The standard InChI is InChI=1S/C11H10N6O/c12-5-7-1-3-8(4-2-7)11-14-10(16-18-11)9-6-13-17-15-9/h1-4,6H,5,12H2,(H,13,15,17). The maximum absolute atomic E-state index is 5.54. The molecule has 3 rings (SSSR count). The van der Waals surface area contributed by atoms with E-state index >= 15 is 0 Å². The Balaban J connectivity index is 1.92. The van der Waals surface area contributed by atoms with Gasteiger partial charge in [-0.3, -0.25) is 0 Å². The molecule has 0 aliphatic heterocycles. The molecular formula is C11H10N6O. The molecule has 3 N–H and O–H groups in total. The van der Waals surface area contributed by atoms with E-state index in [4.69, 9.17) is 10.3 Å². The van der Waals surface area contributed by atoms with Crippen LogP contribution in [0.25, 0.3) is 23.0 Å². The lowest BCUT2D eigenvalue weighted by Gasteiger charge is -1.96. The molecule has 0 fully saturated rings. The fraction of sp³-hybridized carbons (Fsp3) is 0.0909. The largest absolute Gasteiger partial charge is 0.334 e. The molecule has 0 bridgehead atoms. The van der Waals surface area contributed by atoms with Gasteiger partial charge in [0.25, 0.3) is 5.89 Å². The van der Waals surface area contributed by atoms with Crippen LogP contribution in [0.5, 0.6) is 0 Å². The molecule has 90 valence electrons. The van der Waals surface area contributed by atoms with E-state index in [2.05, 4.69) is 25.6 Å². The van der Waals surface area contributed by atoms with Gasteiger partial charge in [-0.05, 0) is 17.7 Å². The number of rotatable bonds is 3. The Morgan fingerprint density at radius 2 is 2.06 bits per heavy atom. The topological polar surface area (TPSA) is 107 Å². The van der Waals surface area contributed by atoms with Crippen molar-refractivity contribution >= 4 is 0 Å². The summed E-state index contributed by atoms with van der Waals surface area (Å²) < 4.78 is 5.17. The lowest BCUT2D eigenvalue weighted by atomic mass is 10.1. The zero-order valence-corrected chi connectivity index (χ0v) is 9.37. The number of aromatic amines is 1. The van der Waals surface area contributed by atoms with Crippen molar-refractivity contribution in [3.63, 3.8) is 0 Å². The number of hydrogen-bond acceptors (Lipinski definition) is 6. The summed E-state index contributed by atoms with van der Waals surface area (Å²) in [6, 6.07) is 7.63. The predicted octanol–water partition coefficient (Wildman–Crippen LogP) is 0.980. The molecule has 7 heteroatoms. The first kappa shape index (κ1) is 10.6. The van der Waals surface area contributed by atoms with Crippen LogP contribution < -0.4 is 5.73 Å². The second-order valence-corrected chi connectivity index (χ2v) is 3.68. The Kier molecular flexibility index (Phi) is 2.58. The highest BCUT2D eigenvalue weighted by atomic mass is 16.5. The highest BCUT2D eigenvalue weighted by Gasteiger charge is 2.12. The number of nitrogens with zero attached hydrogens (tertiary/aromatic N) is 4. The number of benzene rings is 1. The molecule has 0 radical (unpaired) electrons. The molecule has 0 saturated heterocycles. The maximum Gasteiger partial charge on any atom is 0.258 e.